The third-order valence-corrected chi connectivity index (χ3v) is 10.8. The molecular weight excluding hydrogens is 603 g/mol. The van der Waals surface area contributed by atoms with Crippen molar-refractivity contribution in [3.8, 4) is 22.3 Å². The fraction of sp³-hybridized carbons (Fsp3) is 0.102. The zero-order valence-corrected chi connectivity index (χ0v) is 28.1. The summed E-state index contributed by atoms with van der Waals surface area (Å²) < 4.78 is 0. The van der Waals surface area contributed by atoms with Crippen LogP contribution in [0, 0.1) is 0 Å². The molecule has 1 unspecified atom stereocenters. The molecule has 3 aliphatic carbocycles. The molecule has 0 spiro atoms. The second-order valence-corrected chi connectivity index (χ2v) is 13.5. The smallest absolute Gasteiger partial charge is 0.0713 e. The van der Waals surface area contributed by atoms with E-state index >= 15 is 0 Å². The van der Waals surface area contributed by atoms with Crippen molar-refractivity contribution in [2.75, 3.05) is 4.90 Å². The molecule has 0 aliphatic heterocycles. The van der Waals surface area contributed by atoms with E-state index in [4.69, 9.17) is 0 Å². The topological polar surface area (TPSA) is 3.24 Å². The number of anilines is 2. The number of rotatable bonds is 7. The van der Waals surface area contributed by atoms with E-state index < -0.39 is 5.41 Å². The van der Waals surface area contributed by atoms with Crippen LogP contribution >= 0.6 is 0 Å². The Kier molecular flexibility index (Phi) is 7.75. The van der Waals surface area contributed by atoms with Gasteiger partial charge in [0.25, 0.3) is 0 Å². The van der Waals surface area contributed by atoms with E-state index in [1.807, 2.05) is 0 Å². The summed E-state index contributed by atoms with van der Waals surface area (Å²) in [6.07, 6.45) is 16.9. The highest BCUT2D eigenvalue weighted by atomic mass is 15.2. The van der Waals surface area contributed by atoms with Gasteiger partial charge in [0.1, 0.15) is 0 Å². The number of nitrogens with zero attached hydrogens (tertiary/aromatic N) is 1. The first-order chi connectivity index (χ1) is 24.8. The van der Waals surface area contributed by atoms with Crippen LogP contribution in [0.2, 0.25) is 0 Å². The lowest BCUT2D eigenvalue weighted by Crippen LogP contribution is -2.32. The predicted octanol–water partition coefficient (Wildman–Crippen LogP) is 12.4. The van der Waals surface area contributed by atoms with E-state index in [9.17, 15) is 0 Å². The van der Waals surface area contributed by atoms with Gasteiger partial charge in [-0.15, -0.1) is 0 Å². The lowest BCUT2D eigenvalue weighted by molar-refractivity contribution is 0.748. The fourth-order valence-corrected chi connectivity index (χ4v) is 8.53. The summed E-state index contributed by atoms with van der Waals surface area (Å²) in [4.78, 5) is 2.55. The maximum absolute atomic E-state index is 2.55. The molecule has 3 aliphatic rings. The Morgan fingerprint density at radius 3 is 1.82 bits per heavy atom. The van der Waals surface area contributed by atoms with Crippen molar-refractivity contribution in [1.82, 2.24) is 0 Å². The van der Waals surface area contributed by atoms with Crippen molar-refractivity contribution >= 4 is 11.4 Å². The van der Waals surface area contributed by atoms with Gasteiger partial charge in [0.15, 0.2) is 0 Å². The van der Waals surface area contributed by atoms with Crippen LogP contribution in [0.1, 0.15) is 41.5 Å². The SMILES string of the molecule is C1=CCCC(C2=CC=CC(N(c3ccc(C4(c5ccccc5)c5ccccc5-c5ccccc54)cc3)c3cccc(-c4ccccc4)c3)C2)=C1. The number of fused-ring (bicyclic) bond motifs is 3. The highest BCUT2D eigenvalue weighted by Crippen LogP contribution is 2.56. The molecular formula is C49H39N. The fourth-order valence-electron chi connectivity index (χ4n) is 8.53. The zero-order chi connectivity index (χ0) is 33.3. The van der Waals surface area contributed by atoms with Gasteiger partial charge in [0.2, 0.25) is 0 Å². The Bertz CT molecular complexity index is 2240. The van der Waals surface area contributed by atoms with E-state index in [1.54, 1.807) is 0 Å². The molecule has 6 aromatic rings. The maximum Gasteiger partial charge on any atom is 0.0713 e. The molecule has 9 rings (SSSR count). The van der Waals surface area contributed by atoms with Gasteiger partial charge in [-0.05, 0) is 99.2 Å². The number of hydrogen-bond donors (Lipinski definition) is 0. The van der Waals surface area contributed by atoms with Gasteiger partial charge in [-0.1, -0.05) is 170 Å². The minimum absolute atomic E-state index is 0.176. The summed E-state index contributed by atoms with van der Waals surface area (Å²) >= 11 is 0. The molecule has 0 amide bonds. The molecule has 1 nitrogen and oxygen atoms in total. The lowest BCUT2D eigenvalue weighted by atomic mass is 9.67. The van der Waals surface area contributed by atoms with Crippen molar-refractivity contribution in [2.24, 2.45) is 0 Å². The molecule has 240 valence electrons. The minimum atomic E-state index is -0.410. The Balaban J connectivity index is 1.18. The first-order valence-corrected chi connectivity index (χ1v) is 17.8. The summed E-state index contributed by atoms with van der Waals surface area (Å²) in [5.74, 6) is 0. The molecule has 0 N–H and O–H groups in total. The van der Waals surface area contributed by atoms with Crippen LogP contribution in [-0.2, 0) is 5.41 Å². The second kappa shape index (κ2) is 12.8. The van der Waals surface area contributed by atoms with Gasteiger partial charge in [0, 0.05) is 11.4 Å². The monoisotopic (exact) mass is 641 g/mol. The summed E-state index contributed by atoms with van der Waals surface area (Å²) in [7, 11) is 0. The predicted molar refractivity (Wildman–Crippen MR) is 210 cm³/mol. The van der Waals surface area contributed by atoms with Crippen LogP contribution in [0.25, 0.3) is 22.3 Å². The van der Waals surface area contributed by atoms with Gasteiger partial charge < -0.3 is 4.90 Å². The summed E-state index contributed by atoms with van der Waals surface area (Å²) in [6.45, 7) is 0. The van der Waals surface area contributed by atoms with Gasteiger partial charge in [-0.3, -0.25) is 0 Å². The second-order valence-electron chi connectivity index (χ2n) is 13.5. The quantitative estimate of drug-likeness (QED) is 0.167. The van der Waals surface area contributed by atoms with E-state index in [-0.39, 0.29) is 6.04 Å². The Morgan fingerprint density at radius 1 is 0.500 bits per heavy atom. The minimum Gasteiger partial charge on any atom is -0.334 e. The molecule has 0 aromatic heterocycles. The molecule has 1 heteroatoms. The van der Waals surface area contributed by atoms with Gasteiger partial charge >= 0.3 is 0 Å². The molecule has 0 heterocycles. The number of benzene rings is 6. The van der Waals surface area contributed by atoms with Crippen molar-refractivity contribution < 1.29 is 0 Å². The first-order valence-electron chi connectivity index (χ1n) is 17.8. The van der Waals surface area contributed by atoms with Crippen LogP contribution in [0.5, 0.6) is 0 Å². The van der Waals surface area contributed by atoms with Gasteiger partial charge in [0.05, 0.1) is 11.5 Å². The van der Waals surface area contributed by atoms with Gasteiger partial charge in [-0.25, -0.2) is 0 Å². The highest BCUT2D eigenvalue weighted by molar-refractivity contribution is 5.86. The van der Waals surface area contributed by atoms with Crippen molar-refractivity contribution in [1.29, 1.82) is 0 Å². The summed E-state index contributed by atoms with van der Waals surface area (Å²) in [5.41, 5.74) is 15.2. The standard InChI is InChI=1S/C49H39N/c1-4-16-36(17-5-1)38-20-14-24-43(34-38)50(44-25-15-21-39(35-44)37-18-6-2-7-19-37)42-32-30-41(31-33-42)49(40-22-8-3-9-23-40)47-28-12-10-26-45(47)46-27-11-13-29-48(46)49/h1-6,8-18,20-34,44H,7,19,35H2. The van der Waals surface area contributed by atoms with E-state index in [0.717, 1.165) is 19.3 Å². The van der Waals surface area contributed by atoms with Crippen molar-refractivity contribution in [2.45, 2.75) is 30.7 Å². The Labute approximate surface area is 295 Å². The maximum atomic E-state index is 2.55. The molecule has 0 bridgehead atoms. The molecule has 6 aromatic carbocycles. The van der Waals surface area contributed by atoms with Crippen LogP contribution in [-0.4, -0.2) is 6.04 Å². The summed E-state index contributed by atoms with van der Waals surface area (Å²) in [6, 6.07) is 58.4. The molecule has 0 fully saturated rings. The van der Waals surface area contributed by atoms with Crippen molar-refractivity contribution in [3.63, 3.8) is 0 Å². The average Bonchev–Trinajstić information content (AvgIpc) is 3.51. The number of hydrogen-bond acceptors (Lipinski definition) is 1. The lowest BCUT2D eigenvalue weighted by Gasteiger charge is -2.36. The molecule has 1 atom stereocenters. The molecule has 0 saturated carbocycles. The third kappa shape index (κ3) is 5.09. The Morgan fingerprint density at radius 2 is 1.12 bits per heavy atom. The normalized spacial score (nSPS) is 17.0. The first kappa shape index (κ1) is 30.2. The van der Waals surface area contributed by atoms with Crippen LogP contribution in [0.4, 0.5) is 11.4 Å². The molecule has 50 heavy (non-hydrogen) atoms. The Hall–Kier alpha value is -5.92. The van der Waals surface area contributed by atoms with Crippen molar-refractivity contribution in [3.05, 3.63) is 228 Å². The molecule has 0 saturated heterocycles. The zero-order valence-electron chi connectivity index (χ0n) is 28.1. The highest BCUT2D eigenvalue weighted by Gasteiger charge is 2.45. The van der Waals surface area contributed by atoms with E-state index in [1.165, 1.54) is 67.0 Å². The van der Waals surface area contributed by atoms with Crippen LogP contribution < -0.4 is 4.90 Å². The molecule has 0 radical (unpaired) electrons. The largest absolute Gasteiger partial charge is 0.334 e. The van der Waals surface area contributed by atoms with Crippen LogP contribution in [0.3, 0.4) is 0 Å². The summed E-state index contributed by atoms with van der Waals surface area (Å²) in [5, 5.41) is 0. The third-order valence-electron chi connectivity index (χ3n) is 10.8. The van der Waals surface area contributed by atoms with E-state index in [2.05, 4.69) is 199 Å². The number of allylic oxidation sites excluding steroid dienone is 6. The average molecular weight is 642 g/mol. The van der Waals surface area contributed by atoms with Crippen LogP contribution in [0.15, 0.2) is 205 Å². The van der Waals surface area contributed by atoms with E-state index in [0.29, 0.717) is 0 Å². The van der Waals surface area contributed by atoms with Gasteiger partial charge in [-0.2, -0.15) is 0 Å².